The van der Waals surface area contributed by atoms with Crippen molar-refractivity contribution in [2.24, 2.45) is 4.99 Å². The first-order chi connectivity index (χ1) is 16.1. The van der Waals surface area contributed by atoms with Gasteiger partial charge in [0.25, 0.3) is 5.91 Å². The number of fused-ring (bicyclic) bond motifs is 2. The fraction of sp³-hybridized carbons (Fsp3) is 0.259. The predicted molar refractivity (Wildman–Crippen MR) is 133 cm³/mol. The second-order valence-corrected chi connectivity index (χ2v) is 9.43. The molecule has 6 heteroatoms. The number of aliphatic imine (C=N–C) groups is 1. The standard InChI is InChI=1S/C27H26FN3OS/c1-2-5-23-22-6-3-4-7-25(22)33-26-13-8-19(18-24(26)29-23)27(32)31-16-14-30(15-17-31)21-11-9-20(28)10-12-21/h3-4,6-13,18H,2,5,14-17H2,1H3. The zero-order chi connectivity index (χ0) is 22.8. The van der Waals surface area contributed by atoms with Crippen LogP contribution in [-0.2, 0) is 0 Å². The molecule has 1 saturated heterocycles. The molecule has 33 heavy (non-hydrogen) atoms. The summed E-state index contributed by atoms with van der Waals surface area (Å²) in [5, 5.41) is 0. The summed E-state index contributed by atoms with van der Waals surface area (Å²) in [5.41, 5.74) is 4.80. The van der Waals surface area contributed by atoms with E-state index in [-0.39, 0.29) is 11.7 Å². The van der Waals surface area contributed by atoms with E-state index in [9.17, 15) is 9.18 Å². The number of hydrogen-bond acceptors (Lipinski definition) is 4. The van der Waals surface area contributed by atoms with Crippen molar-refractivity contribution >= 4 is 34.8 Å². The summed E-state index contributed by atoms with van der Waals surface area (Å²) < 4.78 is 13.2. The van der Waals surface area contributed by atoms with Crippen LogP contribution in [0.15, 0.2) is 81.5 Å². The van der Waals surface area contributed by atoms with Crippen LogP contribution in [0.4, 0.5) is 15.8 Å². The first-order valence-corrected chi connectivity index (χ1v) is 12.2. The molecule has 0 atom stereocenters. The number of rotatable bonds is 4. The average molecular weight is 460 g/mol. The summed E-state index contributed by atoms with van der Waals surface area (Å²) in [6.45, 7) is 4.89. The van der Waals surface area contributed by atoms with Gasteiger partial charge in [0.15, 0.2) is 0 Å². The molecule has 0 aliphatic carbocycles. The normalized spacial score (nSPS) is 15.4. The number of amides is 1. The molecule has 0 spiro atoms. The number of piperazine rings is 1. The molecule has 5 rings (SSSR count). The molecule has 0 saturated carbocycles. The summed E-state index contributed by atoms with van der Waals surface area (Å²) in [4.78, 5) is 24.7. The number of anilines is 1. The van der Waals surface area contributed by atoms with E-state index in [0.29, 0.717) is 18.7 Å². The molecule has 4 nitrogen and oxygen atoms in total. The van der Waals surface area contributed by atoms with E-state index in [1.54, 1.807) is 23.9 Å². The maximum absolute atomic E-state index is 13.3. The van der Waals surface area contributed by atoms with Crippen LogP contribution in [-0.4, -0.2) is 42.7 Å². The highest BCUT2D eigenvalue weighted by Gasteiger charge is 2.24. The van der Waals surface area contributed by atoms with E-state index < -0.39 is 0 Å². The lowest BCUT2D eigenvalue weighted by atomic mass is 10.1. The molecule has 1 fully saturated rings. The maximum Gasteiger partial charge on any atom is 0.254 e. The number of carbonyl (C=O) groups excluding carboxylic acids is 1. The van der Waals surface area contributed by atoms with E-state index in [1.807, 2.05) is 23.1 Å². The van der Waals surface area contributed by atoms with E-state index >= 15 is 0 Å². The number of hydrogen-bond donors (Lipinski definition) is 0. The molecule has 168 valence electrons. The van der Waals surface area contributed by atoms with Crippen LogP contribution in [0.5, 0.6) is 0 Å². The molecule has 2 heterocycles. The van der Waals surface area contributed by atoms with Gasteiger partial charge in [-0.3, -0.25) is 9.79 Å². The minimum atomic E-state index is -0.234. The molecule has 3 aromatic carbocycles. The molecule has 0 radical (unpaired) electrons. The van der Waals surface area contributed by atoms with Crippen LogP contribution in [0.2, 0.25) is 0 Å². The van der Waals surface area contributed by atoms with Crippen LogP contribution in [0.25, 0.3) is 0 Å². The molecule has 1 amide bonds. The Hall–Kier alpha value is -3.12. The van der Waals surface area contributed by atoms with E-state index in [2.05, 4.69) is 36.1 Å². The van der Waals surface area contributed by atoms with Gasteiger partial charge in [-0.2, -0.15) is 0 Å². The molecule has 0 aromatic heterocycles. The van der Waals surface area contributed by atoms with Gasteiger partial charge < -0.3 is 9.80 Å². The second kappa shape index (κ2) is 9.40. The molecule has 2 aliphatic heterocycles. The SMILES string of the molecule is CCCC1=Nc2cc(C(=O)N3CCN(c4ccc(F)cc4)CC3)ccc2Sc2ccccc21. The number of halogens is 1. The number of benzene rings is 3. The Kier molecular flexibility index (Phi) is 6.18. The third-order valence-electron chi connectivity index (χ3n) is 6.12. The highest BCUT2D eigenvalue weighted by Crippen LogP contribution is 2.41. The van der Waals surface area contributed by atoms with Gasteiger partial charge in [0.1, 0.15) is 5.82 Å². The van der Waals surface area contributed by atoms with Gasteiger partial charge in [0.2, 0.25) is 0 Å². The number of carbonyl (C=O) groups is 1. The second-order valence-electron chi connectivity index (χ2n) is 8.34. The molecule has 2 aliphatic rings. The van der Waals surface area contributed by atoms with E-state index in [1.165, 1.54) is 22.6 Å². The minimum Gasteiger partial charge on any atom is -0.368 e. The molecule has 0 bridgehead atoms. The Morgan fingerprint density at radius 2 is 1.73 bits per heavy atom. The van der Waals surface area contributed by atoms with Crippen LogP contribution in [0.3, 0.4) is 0 Å². The Labute approximate surface area is 198 Å². The van der Waals surface area contributed by atoms with Crippen molar-refractivity contribution in [1.29, 1.82) is 0 Å². The minimum absolute atomic E-state index is 0.0376. The first kappa shape index (κ1) is 21.7. The monoisotopic (exact) mass is 459 g/mol. The van der Waals surface area contributed by atoms with Crippen molar-refractivity contribution in [3.63, 3.8) is 0 Å². The van der Waals surface area contributed by atoms with Gasteiger partial charge in [-0.15, -0.1) is 0 Å². The van der Waals surface area contributed by atoms with Crippen LogP contribution >= 0.6 is 11.8 Å². The molecule has 3 aromatic rings. The quantitative estimate of drug-likeness (QED) is 0.468. The summed E-state index contributed by atoms with van der Waals surface area (Å²) in [7, 11) is 0. The average Bonchev–Trinajstić information content (AvgIpc) is 3.00. The summed E-state index contributed by atoms with van der Waals surface area (Å²) in [6.07, 6.45) is 1.92. The molecule has 0 unspecified atom stereocenters. The highest BCUT2D eigenvalue weighted by atomic mass is 32.2. The van der Waals surface area contributed by atoms with E-state index in [4.69, 9.17) is 4.99 Å². The lowest BCUT2D eigenvalue weighted by Gasteiger charge is -2.36. The Morgan fingerprint density at radius 3 is 2.48 bits per heavy atom. The van der Waals surface area contributed by atoms with Crippen molar-refractivity contribution in [2.45, 2.75) is 29.6 Å². The van der Waals surface area contributed by atoms with Gasteiger partial charge in [-0.05, 0) is 55.0 Å². The van der Waals surface area contributed by atoms with Crippen molar-refractivity contribution in [3.8, 4) is 0 Å². The molecular weight excluding hydrogens is 433 g/mol. The zero-order valence-corrected chi connectivity index (χ0v) is 19.4. The summed E-state index contributed by atoms with van der Waals surface area (Å²) >= 11 is 1.71. The van der Waals surface area contributed by atoms with Crippen LogP contribution in [0, 0.1) is 5.82 Å². The van der Waals surface area contributed by atoms with E-state index in [0.717, 1.165) is 47.9 Å². The van der Waals surface area contributed by atoms with Gasteiger partial charge in [-0.1, -0.05) is 43.3 Å². The Morgan fingerprint density at radius 1 is 0.970 bits per heavy atom. The topological polar surface area (TPSA) is 35.9 Å². The van der Waals surface area contributed by atoms with Crippen LogP contribution < -0.4 is 4.90 Å². The third-order valence-corrected chi connectivity index (χ3v) is 7.27. The van der Waals surface area contributed by atoms with Crippen LogP contribution in [0.1, 0.15) is 35.7 Å². The van der Waals surface area contributed by atoms with Crippen molar-refractivity contribution < 1.29 is 9.18 Å². The first-order valence-electron chi connectivity index (χ1n) is 11.4. The summed E-state index contributed by atoms with van der Waals surface area (Å²) in [5.74, 6) is -0.197. The summed E-state index contributed by atoms with van der Waals surface area (Å²) in [6, 6.07) is 20.8. The molecule has 0 N–H and O–H groups in total. The highest BCUT2D eigenvalue weighted by molar-refractivity contribution is 7.99. The predicted octanol–water partition coefficient (Wildman–Crippen LogP) is 6.17. The van der Waals surface area contributed by atoms with Crippen molar-refractivity contribution in [2.75, 3.05) is 31.1 Å². The lowest BCUT2D eigenvalue weighted by Crippen LogP contribution is -2.48. The lowest BCUT2D eigenvalue weighted by molar-refractivity contribution is 0.0746. The fourth-order valence-electron chi connectivity index (χ4n) is 4.37. The van der Waals surface area contributed by atoms with Gasteiger partial charge >= 0.3 is 0 Å². The maximum atomic E-state index is 13.3. The van der Waals surface area contributed by atoms with Crippen molar-refractivity contribution in [1.82, 2.24) is 4.90 Å². The Balaban J connectivity index is 1.35. The Bertz CT molecular complexity index is 1200. The fourth-order valence-corrected chi connectivity index (χ4v) is 5.40. The van der Waals surface area contributed by atoms with Crippen molar-refractivity contribution in [3.05, 3.63) is 83.7 Å². The number of nitrogens with zero attached hydrogens (tertiary/aromatic N) is 3. The van der Waals surface area contributed by atoms with Gasteiger partial charge in [0, 0.05) is 58.5 Å². The largest absolute Gasteiger partial charge is 0.368 e. The third kappa shape index (κ3) is 4.53. The van der Waals surface area contributed by atoms with Gasteiger partial charge in [-0.25, -0.2) is 4.39 Å². The van der Waals surface area contributed by atoms with Gasteiger partial charge in [0.05, 0.1) is 5.69 Å². The smallest absolute Gasteiger partial charge is 0.254 e. The zero-order valence-electron chi connectivity index (χ0n) is 18.6. The molecular formula is C27H26FN3OS.